The molecule has 0 unspecified atom stereocenters. The zero-order valence-corrected chi connectivity index (χ0v) is 18.4. The van der Waals surface area contributed by atoms with Gasteiger partial charge in [0, 0.05) is 21.3 Å². The largest absolute Gasteiger partial charge is 0.457 e. The molecule has 5 rings (SSSR count). The summed E-state index contributed by atoms with van der Waals surface area (Å²) in [6.45, 7) is 0. The molecule has 0 spiro atoms. The summed E-state index contributed by atoms with van der Waals surface area (Å²) in [5.41, 5.74) is 3.66. The number of benzene rings is 3. The Balaban J connectivity index is 1.53. The second-order valence-corrected chi connectivity index (χ2v) is 8.24. The van der Waals surface area contributed by atoms with Gasteiger partial charge in [0.05, 0.1) is 5.70 Å². The van der Waals surface area contributed by atoms with Gasteiger partial charge in [-0.15, -0.1) is 0 Å². The molecule has 0 fully saturated rings. The molecule has 0 aliphatic carbocycles. The summed E-state index contributed by atoms with van der Waals surface area (Å²) in [4.78, 5) is 15.0. The molecule has 0 N–H and O–H groups in total. The molecule has 3 nitrogen and oxygen atoms in total. The Morgan fingerprint density at radius 1 is 0.812 bits per heavy atom. The van der Waals surface area contributed by atoms with Gasteiger partial charge in [-0.2, -0.15) is 0 Å². The zero-order chi connectivity index (χ0) is 22.1. The number of carbonyl (C=O) groups is 1. The highest BCUT2D eigenvalue weighted by atomic mass is 79.9. The van der Waals surface area contributed by atoms with Crippen molar-refractivity contribution in [3.05, 3.63) is 124 Å². The number of halogens is 2. The lowest BCUT2D eigenvalue weighted by atomic mass is 10.1. The van der Waals surface area contributed by atoms with Crippen molar-refractivity contribution >= 4 is 39.3 Å². The van der Waals surface area contributed by atoms with E-state index in [1.807, 2.05) is 72.8 Å². The molecule has 32 heavy (non-hydrogen) atoms. The van der Waals surface area contributed by atoms with Crippen LogP contribution in [-0.2, 0) is 4.79 Å². The van der Waals surface area contributed by atoms with Crippen molar-refractivity contribution in [1.82, 2.24) is 0 Å². The first-order valence-corrected chi connectivity index (χ1v) is 10.8. The Bertz CT molecular complexity index is 1340. The van der Waals surface area contributed by atoms with Gasteiger partial charge in [-0.3, -0.25) is 9.69 Å². The monoisotopic (exact) mass is 485 g/mol. The molecule has 156 valence electrons. The van der Waals surface area contributed by atoms with Crippen LogP contribution in [0.25, 0.3) is 23.1 Å². The van der Waals surface area contributed by atoms with Crippen molar-refractivity contribution < 1.29 is 13.6 Å². The minimum absolute atomic E-state index is 0.197. The lowest BCUT2D eigenvalue weighted by Gasteiger charge is -2.20. The second kappa shape index (κ2) is 8.44. The highest BCUT2D eigenvalue weighted by Crippen LogP contribution is 2.35. The van der Waals surface area contributed by atoms with Crippen molar-refractivity contribution in [2.75, 3.05) is 4.90 Å². The molecule has 0 radical (unpaired) electrons. The summed E-state index contributed by atoms with van der Waals surface area (Å²) >= 11 is 3.43. The zero-order valence-electron chi connectivity index (χ0n) is 16.8. The first-order valence-electron chi connectivity index (χ1n) is 10.0. The van der Waals surface area contributed by atoms with E-state index in [2.05, 4.69) is 15.9 Å². The topological polar surface area (TPSA) is 33.5 Å². The second-order valence-electron chi connectivity index (χ2n) is 7.32. The predicted octanol–water partition coefficient (Wildman–Crippen LogP) is 7.32. The minimum atomic E-state index is -0.350. The highest BCUT2D eigenvalue weighted by molar-refractivity contribution is 9.10. The maximum atomic E-state index is 13.5. The van der Waals surface area contributed by atoms with E-state index in [-0.39, 0.29) is 11.7 Å². The van der Waals surface area contributed by atoms with Crippen LogP contribution in [-0.4, -0.2) is 5.91 Å². The van der Waals surface area contributed by atoms with Gasteiger partial charge in [0.2, 0.25) is 0 Å². The van der Waals surface area contributed by atoms with Crippen LogP contribution in [0.1, 0.15) is 11.3 Å². The fourth-order valence-corrected chi connectivity index (χ4v) is 3.90. The van der Waals surface area contributed by atoms with Gasteiger partial charge in [0.15, 0.2) is 0 Å². The molecule has 3 aromatic carbocycles. The van der Waals surface area contributed by atoms with E-state index in [1.165, 1.54) is 12.1 Å². The Morgan fingerprint density at radius 3 is 2.25 bits per heavy atom. The smallest absolute Gasteiger partial charge is 0.263 e. The van der Waals surface area contributed by atoms with Crippen LogP contribution in [0.2, 0.25) is 0 Å². The average molecular weight is 486 g/mol. The predicted molar refractivity (Wildman–Crippen MR) is 128 cm³/mol. The SMILES string of the molecule is O=C1C(=Cc2ccc(-c3ccc(Br)cc3)o2)C=C(c2ccccc2)N1c1ccc(F)cc1. The molecule has 1 aliphatic rings. The molecular weight excluding hydrogens is 469 g/mol. The van der Waals surface area contributed by atoms with Crippen LogP contribution in [0.15, 0.2) is 112 Å². The van der Waals surface area contributed by atoms with Gasteiger partial charge in [-0.05, 0) is 66.2 Å². The van der Waals surface area contributed by atoms with Crippen LogP contribution >= 0.6 is 15.9 Å². The number of hydrogen-bond acceptors (Lipinski definition) is 2. The van der Waals surface area contributed by atoms with E-state index in [1.54, 1.807) is 23.1 Å². The van der Waals surface area contributed by atoms with Gasteiger partial charge >= 0.3 is 0 Å². The summed E-state index contributed by atoms with van der Waals surface area (Å²) in [6.07, 6.45) is 3.57. The summed E-state index contributed by atoms with van der Waals surface area (Å²) in [5, 5.41) is 0. The number of anilines is 1. The summed E-state index contributed by atoms with van der Waals surface area (Å²) in [6, 6.07) is 27.1. The molecule has 4 aromatic rings. The van der Waals surface area contributed by atoms with Crippen molar-refractivity contribution in [2.24, 2.45) is 0 Å². The summed E-state index contributed by atoms with van der Waals surface area (Å²) in [7, 11) is 0. The van der Waals surface area contributed by atoms with E-state index < -0.39 is 0 Å². The van der Waals surface area contributed by atoms with Crippen LogP contribution in [0.4, 0.5) is 10.1 Å². The standard InChI is InChI=1S/C27H17BrFNO2/c28-21-8-6-19(7-9-21)26-15-14-24(32-26)16-20-17-25(18-4-2-1-3-5-18)30(27(20)31)23-12-10-22(29)11-13-23/h1-17H. The van der Waals surface area contributed by atoms with Crippen molar-refractivity contribution in [2.45, 2.75) is 0 Å². The van der Waals surface area contributed by atoms with Crippen LogP contribution in [0, 0.1) is 5.82 Å². The fourth-order valence-electron chi connectivity index (χ4n) is 3.64. The van der Waals surface area contributed by atoms with Gasteiger partial charge in [0.1, 0.15) is 17.3 Å². The molecule has 1 amide bonds. The van der Waals surface area contributed by atoms with E-state index in [9.17, 15) is 9.18 Å². The minimum Gasteiger partial charge on any atom is -0.457 e. The highest BCUT2D eigenvalue weighted by Gasteiger charge is 2.30. The molecule has 0 atom stereocenters. The van der Waals surface area contributed by atoms with Gasteiger partial charge in [-0.1, -0.05) is 58.4 Å². The molecule has 5 heteroatoms. The maximum Gasteiger partial charge on any atom is 0.263 e. The quantitative estimate of drug-likeness (QED) is 0.283. The van der Waals surface area contributed by atoms with Crippen LogP contribution in [0.3, 0.4) is 0 Å². The van der Waals surface area contributed by atoms with Crippen LogP contribution in [0.5, 0.6) is 0 Å². The average Bonchev–Trinajstić information content (AvgIpc) is 3.41. The molecule has 1 aromatic heterocycles. The first kappa shape index (κ1) is 20.2. The number of nitrogens with zero attached hydrogens (tertiary/aromatic N) is 1. The van der Waals surface area contributed by atoms with Crippen molar-refractivity contribution in [1.29, 1.82) is 0 Å². The van der Waals surface area contributed by atoms with E-state index in [4.69, 9.17) is 4.42 Å². The lowest BCUT2D eigenvalue weighted by Crippen LogP contribution is -2.24. The molecule has 0 bridgehead atoms. The molecule has 2 heterocycles. The van der Waals surface area contributed by atoms with Gasteiger partial charge < -0.3 is 4.42 Å². The number of amides is 1. The van der Waals surface area contributed by atoms with Gasteiger partial charge in [-0.25, -0.2) is 4.39 Å². The Hall–Kier alpha value is -3.70. The Labute approximate surface area is 193 Å². The first-order chi connectivity index (χ1) is 15.6. The lowest BCUT2D eigenvalue weighted by molar-refractivity contribution is -0.113. The Kier molecular flexibility index (Phi) is 5.33. The number of carbonyl (C=O) groups excluding carboxylic acids is 1. The molecule has 1 aliphatic heterocycles. The molecule has 0 saturated heterocycles. The van der Waals surface area contributed by atoms with Crippen LogP contribution < -0.4 is 4.90 Å². The Morgan fingerprint density at radius 2 is 1.53 bits per heavy atom. The third-order valence-corrected chi connectivity index (χ3v) is 5.72. The maximum absolute atomic E-state index is 13.5. The normalized spacial score (nSPS) is 14.8. The molecule has 0 saturated carbocycles. The van der Waals surface area contributed by atoms with Crippen molar-refractivity contribution in [3.8, 4) is 11.3 Å². The number of rotatable bonds is 4. The fraction of sp³-hybridized carbons (Fsp3) is 0. The van der Waals surface area contributed by atoms with Gasteiger partial charge in [0.25, 0.3) is 5.91 Å². The summed E-state index contributed by atoms with van der Waals surface area (Å²) < 4.78 is 20.4. The third-order valence-electron chi connectivity index (χ3n) is 5.19. The van der Waals surface area contributed by atoms with Crippen molar-refractivity contribution in [3.63, 3.8) is 0 Å². The van der Waals surface area contributed by atoms with E-state index >= 15 is 0 Å². The van der Waals surface area contributed by atoms with E-state index in [0.29, 0.717) is 17.0 Å². The summed E-state index contributed by atoms with van der Waals surface area (Å²) in [5.74, 6) is 0.753. The van der Waals surface area contributed by atoms with E-state index in [0.717, 1.165) is 27.1 Å². The molecular formula is C27H17BrFNO2. The number of furan rings is 1. The third kappa shape index (κ3) is 3.95. The number of hydrogen-bond donors (Lipinski definition) is 0.